The highest BCUT2D eigenvalue weighted by Gasteiger charge is 2.14. The summed E-state index contributed by atoms with van der Waals surface area (Å²) < 4.78 is 5.25. The van der Waals surface area contributed by atoms with E-state index in [1.165, 1.54) is 0 Å². The minimum absolute atomic E-state index is 0.458. The molecule has 0 amide bonds. The van der Waals surface area contributed by atoms with Gasteiger partial charge in [-0.1, -0.05) is 5.16 Å². The quantitative estimate of drug-likeness (QED) is 0.743. The average molecular weight is 241 g/mol. The Balaban J connectivity index is 2.05. The third-order valence-corrected chi connectivity index (χ3v) is 2.77. The van der Waals surface area contributed by atoms with Crippen molar-refractivity contribution in [3.05, 3.63) is 35.9 Å². The Hall–Kier alpha value is -2.50. The van der Waals surface area contributed by atoms with Crippen LogP contribution in [0.1, 0.15) is 11.3 Å². The van der Waals surface area contributed by atoms with Gasteiger partial charge in [0.05, 0.1) is 11.8 Å². The normalized spacial score (nSPS) is 10.8. The van der Waals surface area contributed by atoms with Crippen LogP contribution < -0.4 is 0 Å². The summed E-state index contributed by atoms with van der Waals surface area (Å²) in [6.45, 7) is 3.89. The molecule has 0 unspecified atom stereocenters. The van der Waals surface area contributed by atoms with Crippen LogP contribution >= 0.6 is 0 Å². The van der Waals surface area contributed by atoms with E-state index < -0.39 is 0 Å². The van der Waals surface area contributed by atoms with Crippen LogP contribution in [0.15, 0.2) is 29.2 Å². The molecule has 0 bridgehead atoms. The van der Waals surface area contributed by atoms with Gasteiger partial charge >= 0.3 is 0 Å². The predicted molar refractivity (Wildman–Crippen MR) is 64.6 cm³/mol. The molecule has 90 valence electrons. The number of aryl methyl sites for hydroxylation is 2. The number of H-pyrrole nitrogens is 1. The molecule has 6 heteroatoms. The molecule has 0 fully saturated rings. The first kappa shape index (κ1) is 10.6. The third kappa shape index (κ3) is 1.67. The first-order chi connectivity index (χ1) is 8.75. The molecule has 0 aromatic carbocycles. The fraction of sp³-hybridized carbons (Fsp3) is 0.167. The minimum atomic E-state index is 0.458. The lowest BCUT2D eigenvalue weighted by Gasteiger charge is -1.97. The van der Waals surface area contributed by atoms with Crippen molar-refractivity contribution < 1.29 is 4.52 Å². The van der Waals surface area contributed by atoms with Crippen LogP contribution in [0.3, 0.4) is 0 Å². The van der Waals surface area contributed by atoms with Gasteiger partial charge in [-0.15, -0.1) is 0 Å². The molecule has 6 nitrogen and oxygen atoms in total. The lowest BCUT2D eigenvalue weighted by Crippen LogP contribution is -1.86. The van der Waals surface area contributed by atoms with E-state index in [1.807, 2.05) is 19.9 Å². The topological polar surface area (TPSA) is 80.5 Å². The molecule has 0 spiro atoms. The molecule has 3 heterocycles. The summed E-state index contributed by atoms with van der Waals surface area (Å²) in [5.74, 6) is 0.996. The number of hydrogen-bond acceptors (Lipinski definition) is 5. The van der Waals surface area contributed by atoms with Crippen molar-refractivity contribution in [2.75, 3.05) is 0 Å². The van der Waals surface area contributed by atoms with Gasteiger partial charge in [0.1, 0.15) is 0 Å². The zero-order valence-corrected chi connectivity index (χ0v) is 10.0. The smallest absolute Gasteiger partial charge is 0.261 e. The van der Waals surface area contributed by atoms with Crippen LogP contribution in [0.25, 0.3) is 22.8 Å². The molecule has 0 saturated heterocycles. The SMILES string of the molecule is Cc1ccncc1-c1noc(-c2cn[nH]c2C)n1. The zero-order valence-electron chi connectivity index (χ0n) is 10.0. The van der Waals surface area contributed by atoms with Crippen molar-refractivity contribution in [1.29, 1.82) is 0 Å². The van der Waals surface area contributed by atoms with Crippen LogP contribution in [0.5, 0.6) is 0 Å². The van der Waals surface area contributed by atoms with Gasteiger partial charge < -0.3 is 4.52 Å². The number of nitrogens with one attached hydrogen (secondary N) is 1. The third-order valence-electron chi connectivity index (χ3n) is 2.77. The molecule has 0 radical (unpaired) electrons. The second-order valence-corrected chi connectivity index (χ2v) is 4.02. The van der Waals surface area contributed by atoms with Crippen molar-refractivity contribution in [2.45, 2.75) is 13.8 Å². The van der Waals surface area contributed by atoms with Crippen LogP contribution in [0.4, 0.5) is 0 Å². The van der Waals surface area contributed by atoms with E-state index in [1.54, 1.807) is 18.6 Å². The Labute approximate surface area is 103 Å². The summed E-state index contributed by atoms with van der Waals surface area (Å²) >= 11 is 0. The molecular weight excluding hydrogens is 230 g/mol. The number of hydrogen-bond donors (Lipinski definition) is 1. The summed E-state index contributed by atoms with van der Waals surface area (Å²) in [7, 11) is 0. The highest BCUT2D eigenvalue weighted by molar-refractivity contribution is 5.62. The lowest BCUT2D eigenvalue weighted by atomic mass is 10.1. The Morgan fingerprint density at radius 3 is 2.78 bits per heavy atom. The molecule has 3 aromatic heterocycles. The molecule has 0 aliphatic rings. The van der Waals surface area contributed by atoms with E-state index in [4.69, 9.17) is 4.52 Å². The summed E-state index contributed by atoms with van der Waals surface area (Å²) in [4.78, 5) is 8.44. The largest absolute Gasteiger partial charge is 0.333 e. The summed E-state index contributed by atoms with van der Waals surface area (Å²) in [6, 6.07) is 1.91. The first-order valence-electron chi connectivity index (χ1n) is 5.51. The monoisotopic (exact) mass is 241 g/mol. The zero-order chi connectivity index (χ0) is 12.5. The fourth-order valence-corrected chi connectivity index (χ4v) is 1.71. The summed E-state index contributed by atoms with van der Waals surface area (Å²) in [5.41, 5.74) is 3.64. The highest BCUT2D eigenvalue weighted by Crippen LogP contribution is 2.24. The van der Waals surface area contributed by atoms with Gasteiger partial charge in [0, 0.05) is 23.7 Å². The number of rotatable bonds is 2. The molecule has 0 aliphatic carbocycles. The van der Waals surface area contributed by atoms with E-state index >= 15 is 0 Å². The fourth-order valence-electron chi connectivity index (χ4n) is 1.71. The maximum Gasteiger partial charge on any atom is 0.261 e. The maximum absolute atomic E-state index is 5.25. The Morgan fingerprint density at radius 2 is 2.06 bits per heavy atom. The Kier molecular flexibility index (Phi) is 2.40. The van der Waals surface area contributed by atoms with Crippen molar-refractivity contribution in [2.24, 2.45) is 0 Å². The standard InChI is InChI=1S/C12H11N5O/c1-7-3-4-13-5-9(7)11-15-12(18-17-11)10-6-14-16-8(10)2/h3-6H,1-2H3,(H,14,16). The lowest BCUT2D eigenvalue weighted by molar-refractivity contribution is 0.432. The molecule has 3 aromatic rings. The molecule has 18 heavy (non-hydrogen) atoms. The van der Waals surface area contributed by atoms with E-state index in [0.717, 1.165) is 22.4 Å². The van der Waals surface area contributed by atoms with Crippen LogP contribution in [0, 0.1) is 13.8 Å². The molecule has 0 saturated carbocycles. The van der Waals surface area contributed by atoms with Gasteiger partial charge in [-0.3, -0.25) is 10.1 Å². The number of aromatic amines is 1. The average Bonchev–Trinajstić information content (AvgIpc) is 2.98. The van der Waals surface area contributed by atoms with E-state index in [2.05, 4.69) is 25.3 Å². The van der Waals surface area contributed by atoms with E-state index in [9.17, 15) is 0 Å². The second-order valence-electron chi connectivity index (χ2n) is 4.02. The van der Waals surface area contributed by atoms with Crippen LogP contribution in [-0.2, 0) is 0 Å². The van der Waals surface area contributed by atoms with Gasteiger partial charge in [0.25, 0.3) is 5.89 Å². The van der Waals surface area contributed by atoms with Gasteiger partial charge in [0.2, 0.25) is 5.82 Å². The Bertz CT molecular complexity index is 685. The molecular formula is C12H11N5O. The second kappa shape index (κ2) is 4.06. The molecule has 3 rings (SSSR count). The van der Waals surface area contributed by atoms with Crippen LogP contribution in [-0.4, -0.2) is 25.3 Å². The summed E-state index contributed by atoms with van der Waals surface area (Å²) in [5, 5.41) is 10.7. The van der Waals surface area contributed by atoms with Crippen LogP contribution in [0.2, 0.25) is 0 Å². The first-order valence-corrected chi connectivity index (χ1v) is 5.51. The van der Waals surface area contributed by atoms with Crippen molar-refractivity contribution >= 4 is 0 Å². The van der Waals surface area contributed by atoms with Crippen molar-refractivity contribution in [3.8, 4) is 22.8 Å². The molecule has 0 aliphatic heterocycles. The number of nitrogens with zero attached hydrogens (tertiary/aromatic N) is 4. The van der Waals surface area contributed by atoms with Crippen molar-refractivity contribution in [3.63, 3.8) is 0 Å². The van der Waals surface area contributed by atoms with E-state index in [0.29, 0.717) is 11.7 Å². The van der Waals surface area contributed by atoms with Gasteiger partial charge in [-0.05, 0) is 25.5 Å². The van der Waals surface area contributed by atoms with Crippen molar-refractivity contribution in [1.82, 2.24) is 25.3 Å². The number of pyridine rings is 1. The van der Waals surface area contributed by atoms with E-state index in [-0.39, 0.29) is 0 Å². The van der Waals surface area contributed by atoms with Gasteiger partial charge in [-0.25, -0.2) is 0 Å². The van der Waals surface area contributed by atoms with Gasteiger partial charge in [-0.2, -0.15) is 10.1 Å². The predicted octanol–water partition coefficient (Wildman–Crippen LogP) is 2.14. The minimum Gasteiger partial charge on any atom is -0.333 e. The molecule has 1 N–H and O–H groups in total. The Morgan fingerprint density at radius 1 is 1.17 bits per heavy atom. The summed E-state index contributed by atoms with van der Waals surface area (Å²) in [6.07, 6.45) is 5.13. The number of aromatic nitrogens is 5. The molecule has 0 atom stereocenters. The maximum atomic E-state index is 5.25. The highest BCUT2D eigenvalue weighted by atomic mass is 16.5. The van der Waals surface area contributed by atoms with Gasteiger partial charge in [0.15, 0.2) is 0 Å².